The molecule has 1 aromatic heterocycles. The summed E-state index contributed by atoms with van der Waals surface area (Å²) < 4.78 is 14.6. The minimum Gasteiger partial charge on any atom is -0.493 e. The lowest BCUT2D eigenvalue weighted by Gasteiger charge is -2.17. The molecule has 1 heterocycles. The van der Waals surface area contributed by atoms with E-state index in [0.717, 1.165) is 11.3 Å². The maximum absolute atomic E-state index is 5.58. The van der Waals surface area contributed by atoms with Gasteiger partial charge < -0.3 is 9.47 Å². The highest BCUT2D eigenvalue weighted by molar-refractivity contribution is 7.71. The fraction of sp³-hybridized carbons (Fsp3) is 0.350. The summed E-state index contributed by atoms with van der Waals surface area (Å²) >= 11 is 5.58. The van der Waals surface area contributed by atoms with Crippen LogP contribution < -0.4 is 9.47 Å². The Morgan fingerprint density at radius 3 is 2.39 bits per heavy atom. The Hall–Kier alpha value is -2.71. The fourth-order valence-corrected chi connectivity index (χ4v) is 3.19. The van der Waals surface area contributed by atoms with Crippen molar-refractivity contribution < 1.29 is 9.47 Å². The molecule has 0 N–H and O–H groups in total. The molecule has 28 heavy (non-hydrogen) atoms. The molecule has 0 radical (unpaired) electrons. The van der Waals surface area contributed by atoms with Crippen molar-refractivity contribution in [2.24, 2.45) is 0 Å². The van der Waals surface area contributed by atoms with Gasteiger partial charge in [0.15, 0.2) is 11.5 Å². The van der Waals surface area contributed by atoms with E-state index in [9.17, 15) is 0 Å². The lowest BCUT2D eigenvalue weighted by atomic mass is 10.1. The van der Waals surface area contributed by atoms with Gasteiger partial charge in [-0.1, -0.05) is 12.1 Å². The molecule has 0 aliphatic heterocycles. The van der Waals surface area contributed by atoms with E-state index in [1.807, 2.05) is 31.3 Å². The van der Waals surface area contributed by atoms with E-state index >= 15 is 0 Å². The molecule has 148 valence electrons. The Kier molecular flexibility index (Phi) is 6.11. The van der Waals surface area contributed by atoms with Crippen molar-refractivity contribution in [3.8, 4) is 17.2 Å². The summed E-state index contributed by atoms with van der Waals surface area (Å²) in [6, 6.07) is 12.0. The Balaban J connectivity index is 1.74. The first-order chi connectivity index (χ1) is 13.4. The van der Waals surface area contributed by atoms with Gasteiger partial charge in [-0.05, 0) is 84.5 Å². The van der Waals surface area contributed by atoms with Crippen molar-refractivity contribution in [2.75, 3.05) is 21.3 Å². The zero-order valence-electron chi connectivity index (χ0n) is 16.8. The van der Waals surface area contributed by atoms with Gasteiger partial charge in [0.05, 0.1) is 26.6 Å². The number of nitrogens with zero attached hydrogens (tertiary/aromatic N) is 5. The van der Waals surface area contributed by atoms with Crippen molar-refractivity contribution in [1.82, 2.24) is 24.7 Å². The van der Waals surface area contributed by atoms with Crippen LogP contribution in [0.2, 0.25) is 0 Å². The second-order valence-corrected chi connectivity index (χ2v) is 7.15. The lowest BCUT2D eigenvalue weighted by molar-refractivity contribution is 0.241. The van der Waals surface area contributed by atoms with Crippen molar-refractivity contribution in [3.05, 3.63) is 57.9 Å². The van der Waals surface area contributed by atoms with Crippen LogP contribution in [0.1, 0.15) is 16.7 Å². The molecule has 0 saturated carbocycles. The normalized spacial score (nSPS) is 11.1. The third-order valence-electron chi connectivity index (χ3n) is 4.65. The van der Waals surface area contributed by atoms with E-state index < -0.39 is 0 Å². The standard InChI is InChI=1S/C20H25N5O2S/c1-14-6-8-17(10-15(14)2)25-20(28)24(21-22-25)13-23(3)12-16-7-9-18(26-4)19(11-16)27-5/h6-11H,12-13H2,1-5H3. The minimum atomic E-state index is 0.526. The number of ether oxygens (including phenoxy) is 2. The molecule has 0 bridgehead atoms. The Morgan fingerprint density at radius 1 is 0.964 bits per heavy atom. The largest absolute Gasteiger partial charge is 0.493 e. The average molecular weight is 400 g/mol. The maximum atomic E-state index is 5.58. The highest BCUT2D eigenvalue weighted by Crippen LogP contribution is 2.28. The van der Waals surface area contributed by atoms with E-state index in [4.69, 9.17) is 21.7 Å². The highest BCUT2D eigenvalue weighted by Gasteiger charge is 2.11. The zero-order valence-corrected chi connectivity index (χ0v) is 17.7. The molecular formula is C20H25N5O2S. The molecule has 0 aliphatic rings. The minimum absolute atomic E-state index is 0.526. The molecule has 0 amide bonds. The molecule has 0 fully saturated rings. The quantitative estimate of drug-likeness (QED) is 0.567. The molecule has 7 nitrogen and oxygen atoms in total. The van der Waals surface area contributed by atoms with Gasteiger partial charge in [0, 0.05) is 6.54 Å². The number of hydrogen-bond donors (Lipinski definition) is 0. The summed E-state index contributed by atoms with van der Waals surface area (Å²) in [6.07, 6.45) is 0. The Morgan fingerprint density at radius 2 is 1.71 bits per heavy atom. The molecular weight excluding hydrogens is 374 g/mol. The molecule has 0 unspecified atom stereocenters. The van der Waals surface area contributed by atoms with Gasteiger partial charge in [-0.2, -0.15) is 4.68 Å². The Labute approximate surface area is 170 Å². The summed E-state index contributed by atoms with van der Waals surface area (Å²) in [6.45, 7) is 5.39. The number of tetrazole rings is 1. The number of rotatable bonds is 7. The van der Waals surface area contributed by atoms with Gasteiger partial charge in [-0.3, -0.25) is 4.90 Å². The molecule has 3 aromatic rings. The number of benzene rings is 2. The number of aryl methyl sites for hydroxylation is 2. The van der Waals surface area contributed by atoms with Crippen molar-refractivity contribution >= 4 is 12.2 Å². The van der Waals surface area contributed by atoms with Crippen LogP contribution >= 0.6 is 12.2 Å². The van der Waals surface area contributed by atoms with Crippen LogP contribution in [-0.4, -0.2) is 46.0 Å². The van der Waals surface area contributed by atoms with E-state index in [0.29, 0.717) is 29.5 Å². The second-order valence-electron chi connectivity index (χ2n) is 6.79. The average Bonchev–Trinajstić information content (AvgIpc) is 3.04. The molecule has 0 saturated heterocycles. The first-order valence-electron chi connectivity index (χ1n) is 8.93. The van der Waals surface area contributed by atoms with Crippen LogP contribution in [0.15, 0.2) is 36.4 Å². The summed E-state index contributed by atoms with van der Waals surface area (Å²) in [5, 5.41) is 8.46. The third kappa shape index (κ3) is 4.23. The van der Waals surface area contributed by atoms with Gasteiger partial charge >= 0.3 is 0 Å². The van der Waals surface area contributed by atoms with Crippen LogP contribution in [0.4, 0.5) is 0 Å². The van der Waals surface area contributed by atoms with Crippen LogP contribution in [0.5, 0.6) is 11.5 Å². The molecule has 3 rings (SSSR count). The Bertz CT molecular complexity index is 1030. The topological polar surface area (TPSA) is 57.3 Å². The van der Waals surface area contributed by atoms with Crippen LogP contribution in [0.3, 0.4) is 0 Å². The van der Waals surface area contributed by atoms with Crippen molar-refractivity contribution in [2.45, 2.75) is 27.1 Å². The van der Waals surface area contributed by atoms with Crippen LogP contribution in [-0.2, 0) is 13.2 Å². The molecule has 0 aliphatic carbocycles. The maximum Gasteiger partial charge on any atom is 0.221 e. The number of hydrogen-bond acceptors (Lipinski definition) is 6. The van der Waals surface area contributed by atoms with Gasteiger partial charge in [-0.25, -0.2) is 4.68 Å². The number of aromatic nitrogens is 4. The second kappa shape index (κ2) is 8.53. The first kappa shape index (κ1) is 20.0. The van der Waals surface area contributed by atoms with Crippen molar-refractivity contribution in [3.63, 3.8) is 0 Å². The van der Waals surface area contributed by atoms with Crippen LogP contribution in [0, 0.1) is 18.6 Å². The SMILES string of the molecule is COc1ccc(CN(C)Cn2nnn(-c3ccc(C)c(C)c3)c2=S)cc1OC. The predicted octanol–water partition coefficient (Wildman–Crippen LogP) is 3.52. The van der Waals surface area contributed by atoms with Gasteiger partial charge in [-0.15, -0.1) is 0 Å². The summed E-state index contributed by atoms with van der Waals surface area (Å²) in [5.74, 6) is 1.43. The van der Waals surface area contributed by atoms with E-state index in [2.05, 4.69) is 41.3 Å². The fourth-order valence-electron chi connectivity index (χ4n) is 2.95. The first-order valence-corrected chi connectivity index (χ1v) is 9.33. The van der Waals surface area contributed by atoms with E-state index in [-0.39, 0.29) is 0 Å². The lowest BCUT2D eigenvalue weighted by Crippen LogP contribution is -2.22. The molecule has 2 aromatic carbocycles. The third-order valence-corrected chi connectivity index (χ3v) is 5.03. The molecule has 8 heteroatoms. The number of methoxy groups -OCH3 is 2. The molecule has 0 spiro atoms. The van der Waals surface area contributed by atoms with E-state index in [1.54, 1.807) is 23.6 Å². The smallest absolute Gasteiger partial charge is 0.221 e. The van der Waals surface area contributed by atoms with Gasteiger partial charge in [0.2, 0.25) is 4.77 Å². The van der Waals surface area contributed by atoms with Crippen LogP contribution in [0.25, 0.3) is 5.69 Å². The summed E-state index contributed by atoms with van der Waals surface area (Å²) in [4.78, 5) is 2.11. The zero-order chi connectivity index (χ0) is 20.3. The van der Waals surface area contributed by atoms with Gasteiger partial charge in [0.1, 0.15) is 0 Å². The highest BCUT2D eigenvalue weighted by atomic mass is 32.1. The van der Waals surface area contributed by atoms with E-state index in [1.165, 1.54) is 11.1 Å². The van der Waals surface area contributed by atoms with Gasteiger partial charge in [0.25, 0.3) is 0 Å². The summed E-state index contributed by atoms with van der Waals surface area (Å²) in [5.41, 5.74) is 4.45. The molecule has 0 atom stereocenters. The monoisotopic (exact) mass is 399 g/mol. The predicted molar refractivity (Wildman–Crippen MR) is 111 cm³/mol. The van der Waals surface area contributed by atoms with Crippen molar-refractivity contribution in [1.29, 1.82) is 0 Å². The summed E-state index contributed by atoms with van der Waals surface area (Å²) in [7, 11) is 5.27.